The highest BCUT2D eigenvalue weighted by Gasteiger charge is 2.16. The number of rotatable bonds is 7. The Morgan fingerprint density at radius 3 is 2.64 bits per heavy atom. The lowest BCUT2D eigenvalue weighted by Crippen LogP contribution is -2.24. The maximum Gasteiger partial charge on any atom is 0.286 e. The fourth-order valence-electron chi connectivity index (χ4n) is 2.62. The van der Waals surface area contributed by atoms with Gasteiger partial charge < -0.3 is 9.73 Å². The topological polar surface area (TPSA) is 42.2 Å². The number of aryl methyl sites for hydroxylation is 1. The van der Waals surface area contributed by atoms with Crippen LogP contribution in [-0.2, 0) is 11.8 Å². The zero-order valence-corrected chi connectivity index (χ0v) is 16.8. The fraction of sp³-hybridized carbons (Fsp3) is 0.476. The summed E-state index contributed by atoms with van der Waals surface area (Å²) in [5.74, 6) is 2.13. The molecule has 1 heterocycles. The normalized spacial score (nSPS) is 11.6. The van der Waals surface area contributed by atoms with Gasteiger partial charge >= 0.3 is 0 Å². The van der Waals surface area contributed by atoms with Gasteiger partial charge in [-0.2, -0.15) is 11.8 Å². The first-order valence-corrected chi connectivity index (χ1v) is 10.2. The maximum absolute atomic E-state index is 12.1. The molecule has 0 unspecified atom stereocenters. The van der Waals surface area contributed by atoms with E-state index in [4.69, 9.17) is 4.42 Å². The van der Waals surface area contributed by atoms with E-state index in [9.17, 15) is 4.79 Å². The van der Waals surface area contributed by atoms with Gasteiger partial charge in [0.15, 0.2) is 5.76 Å². The quantitative estimate of drug-likeness (QED) is 0.711. The van der Waals surface area contributed by atoms with Gasteiger partial charge in [-0.05, 0) is 59.6 Å². The molecule has 1 aromatic heterocycles. The molecule has 0 bridgehead atoms. The van der Waals surface area contributed by atoms with Crippen LogP contribution in [0.15, 0.2) is 34.7 Å². The predicted octanol–water partition coefficient (Wildman–Crippen LogP) is 4.96. The lowest BCUT2D eigenvalue weighted by Gasteiger charge is -2.20. The van der Waals surface area contributed by atoms with Gasteiger partial charge in [-0.1, -0.05) is 39.0 Å². The highest BCUT2D eigenvalue weighted by molar-refractivity contribution is 7.98. The summed E-state index contributed by atoms with van der Waals surface area (Å²) in [6.45, 7) is 9.45. The molecule has 0 aliphatic heterocycles. The van der Waals surface area contributed by atoms with Crippen LogP contribution in [0.4, 0.5) is 0 Å². The second-order valence-corrected chi connectivity index (χ2v) is 8.42. The number of benzene rings is 1. The Morgan fingerprint density at radius 2 is 1.96 bits per heavy atom. The first kappa shape index (κ1) is 19.6. The first-order chi connectivity index (χ1) is 11.8. The van der Waals surface area contributed by atoms with Crippen LogP contribution in [0, 0.1) is 6.92 Å². The molecular formula is C21H29NO2S. The predicted molar refractivity (Wildman–Crippen MR) is 107 cm³/mol. The minimum absolute atomic E-state index is 0.118. The average Bonchev–Trinajstić information content (AvgIpc) is 3.01. The Balaban J connectivity index is 2.05. The lowest BCUT2D eigenvalue weighted by atomic mass is 9.85. The number of amides is 1. The molecule has 25 heavy (non-hydrogen) atoms. The molecule has 2 rings (SSSR count). The third-order valence-electron chi connectivity index (χ3n) is 4.28. The van der Waals surface area contributed by atoms with E-state index in [1.54, 1.807) is 17.8 Å². The van der Waals surface area contributed by atoms with Gasteiger partial charge in [0, 0.05) is 13.0 Å². The number of hydrogen-bond acceptors (Lipinski definition) is 3. The molecule has 1 aromatic carbocycles. The van der Waals surface area contributed by atoms with Crippen LogP contribution < -0.4 is 5.32 Å². The number of hydrogen-bond donors (Lipinski definition) is 1. The summed E-state index contributed by atoms with van der Waals surface area (Å²) in [5, 5.41) is 2.91. The highest BCUT2D eigenvalue weighted by Crippen LogP contribution is 2.26. The summed E-state index contributed by atoms with van der Waals surface area (Å²) in [6, 6.07) is 10.3. The van der Waals surface area contributed by atoms with Gasteiger partial charge in [-0.15, -0.1) is 0 Å². The SMILES string of the molecule is CSCCCNC(=O)c1ccc(Cc2cc(C(C)(C)C)ccc2C)o1. The number of carbonyl (C=O) groups is 1. The van der Waals surface area contributed by atoms with E-state index in [1.165, 1.54) is 16.7 Å². The number of nitrogens with one attached hydrogen (secondary N) is 1. The molecule has 0 saturated heterocycles. The molecule has 0 aliphatic carbocycles. The van der Waals surface area contributed by atoms with Crippen LogP contribution in [0.5, 0.6) is 0 Å². The van der Waals surface area contributed by atoms with Crippen LogP contribution in [0.25, 0.3) is 0 Å². The van der Waals surface area contributed by atoms with Crippen molar-refractivity contribution in [2.45, 2.75) is 46.0 Å². The second kappa shape index (κ2) is 8.61. The minimum atomic E-state index is -0.132. The number of furan rings is 1. The summed E-state index contributed by atoms with van der Waals surface area (Å²) in [6.07, 6.45) is 3.74. The van der Waals surface area contributed by atoms with Crippen molar-refractivity contribution in [1.29, 1.82) is 0 Å². The molecule has 4 heteroatoms. The van der Waals surface area contributed by atoms with Crippen molar-refractivity contribution in [3.05, 3.63) is 58.5 Å². The van der Waals surface area contributed by atoms with Gasteiger partial charge in [0.05, 0.1) is 0 Å². The number of thioether (sulfide) groups is 1. The molecule has 0 saturated carbocycles. The van der Waals surface area contributed by atoms with Gasteiger partial charge in [0.25, 0.3) is 5.91 Å². The zero-order valence-electron chi connectivity index (χ0n) is 15.9. The Labute approximate surface area is 155 Å². The van der Waals surface area contributed by atoms with Crippen molar-refractivity contribution in [2.75, 3.05) is 18.6 Å². The third-order valence-corrected chi connectivity index (χ3v) is 4.97. The summed E-state index contributed by atoms with van der Waals surface area (Å²) >= 11 is 1.78. The summed E-state index contributed by atoms with van der Waals surface area (Å²) in [7, 11) is 0. The Hall–Kier alpha value is -1.68. The van der Waals surface area contributed by atoms with Crippen LogP contribution in [0.3, 0.4) is 0 Å². The van der Waals surface area contributed by atoms with Crippen molar-refractivity contribution in [3.63, 3.8) is 0 Å². The van der Waals surface area contributed by atoms with Crippen molar-refractivity contribution >= 4 is 17.7 Å². The third kappa shape index (κ3) is 5.67. The molecule has 0 radical (unpaired) electrons. The lowest BCUT2D eigenvalue weighted by molar-refractivity contribution is 0.0924. The van der Waals surface area contributed by atoms with E-state index in [0.717, 1.165) is 17.9 Å². The van der Waals surface area contributed by atoms with E-state index in [2.05, 4.69) is 57.5 Å². The molecular weight excluding hydrogens is 330 g/mol. The monoisotopic (exact) mass is 359 g/mol. The Morgan fingerprint density at radius 1 is 1.20 bits per heavy atom. The number of carbonyl (C=O) groups excluding carboxylic acids is 1. The van der Waals surface area contributed by atoms with Crippen LogP contribution in [-0.4, -0.2) is 24.5 Å². The van der Waals surface area contributed by atoms with Crippen molar-refractivity contribution in [2.24, 2.45) is 0 Å². The molecule has 0 spiro atoms. The summed E-state index contributed by atoms with van der Waals surface area (Å²) in [5.41, 5.74) is 3.92. The standard InChI is InChI=1S/C21H29NO2S/c1-15-7-8-17(21(2,3)4)13-16(15)14-18-9-10-19(24-18)20(23)22-11-6-12-25-5/h7-10,13H,6,11-12,14H2,1-5H3,(H,22,23). The van der Waals surface area contributed by atoms with Crippen molar-refractivity contribution < 1.29 is 9.21 Å². The molecule has 1 amide bonds. The van der Waals surface area contributed by atoms with Gasteiger partial charge in [0.1, 0.15) is 5.76 Å². The van der Waals surface area contributed by atoms with E-state index in [-0.39, 0.29) is 11.3 Å². The molecule has 136 valence electrons. The maximum atomic E-state index is 12.1. The molecule has 0 fully saturated rings. The molecule has 2 aromatic rings. The van der Waals surface area contributed by atoms with Crippen molar-refractivity contribution in [3.8, 4) is 0 Å². The van der Waals surface area contributed by atoms with Gasteiger partial charge in [-0.25, -0.2) is 0 Å². The molecule has 0 aliphatic rings. The first-order valence-electron chi connectivity index (χ1n) is 8.77. The summed E-state index contributed by atoms with van der Waals surface area (Å²) < 4.78 is 5.77. The van der Waals surface area contributed by atoms with Crippen molar-refractivity contribution in [1.82, 2.24) is 5.32 Å². The minimum Gasteiger partial charge on any atom is -0.456 e. The van der Waals surface area contributed by atoms with Crippen LogP contribution in [0.1, 0.15) is 60.2 Å². The average molecular weight is 360 g/mol. The highest BCUT2D eigenvalue weighted by atomic mass is 32.2. The largest absolute Gasteiger partial charge is 0.456 e. The smallest absolute Gasteiger partial charge is 0.286 e. The molecule has 1 N–H and O–H groups in total. The Bertz CT molecular complexity index is 713. The van der Waals surface area contributed by atoms with Gasteiger partial charge in [-0.3, -0.25) is 4.79 Å². The second-order valence-electron chi connectivity index (χ2n) is 7.44. The zero-order chi connectivity index (χ0) is 18.4. The van der Waals surface area contributed by atoms with Gasteiger partial charge in [0.2, 0.25) is 0 Å². The van der Waals surface area contributed by atoms with Crippen LogP contribution >= 0.6 is 11.8 Å². The summed E-state index contributed by atoms with van der Waals surface area (Å²) in [4.78, 5) is 12.1. The molecule has 0 atom stereocenters. The van der Waals surface area contributed by atoms with E-state index >= 15 is 0 Å². The fourth-order valence-corrected chi connectivity index (χ4v) is 3.05. The van der Waals surface area contributed by atoms with E-state index in [1.807, 2.05) is 6.07 Å². The van der Waals surface area contributed by atoms with Crippen LogP contribution in [0.2, 0.25) is 0 Å². The van der Waals surface area contributed by atoms with E-state index < -0.39 is 0 Å². The molecule has 3 nitrogen and oxygen atoms in total. The Kier molecular flexibility index (Phi) is 6.77. The van der Waals surface area contributed by atoms with E-state index in [0.29, 0.717) is 18.7 Å².